The lowest BCUT2D eigenvalue weighted by Gasteiger charge is -2.30. The van der Waals surface area contributed by atoms with E-state index in [4.69, 9.17) is 5.11 Å². The second-order valence-corrected chi connectivity index (χ2v) is 2.99. The van der Waals surface area contributed by atoms with Crippen LogP contribution in [0.5, 0.6) is 0 Å². The molecule has 0 aliphatic heterocycles. The van der Waals surface area contributed by atoms with Gasteiger partial charge in [-0.1, -0.05) is 13.8 Å². The van der Waals surface area contributed by atoms with Crippen LogP contribution in [0.1, 0.15) is 34.1 Å². The molecule has 2 nitrogen and oxygen atoms in total. The molecule has 2 atom stereocenters. The van der Waals surface area contributed by atoms with Gasteiger partial charge in [-0.05, 0) is 20.3 Å². The van der Waals surface area contributed by atoms with Gasteiger partial charge in [0, 0.05) is 5.92 Å². The van der Waals surface area contributed by atoms with Crippen LogP contribution in [0.4, 0.5) is 0 Å². The molecule has 61 valence electrons. The van der Waals surface area contributed by atoms with E-state index in [1.54, 1.807) is 20.8 Å². The van der Waals surface area contributed by atoms with Gasteiger partial charge in [-0.15, -0.1) is 0 Å². The first-order chi connectivity index (χ1) is 4.41. The fraction of sp³-hybridized carbons (Fsp3) is 0.875. The minimum Gasteiger partial charge on any atom is -0.393 e. The summed E-state index contributed by atoms with van der Waals surface area (Å²) in [5.41, 5.74) is -0.811. The molecule has 0 amide bonds. The van der Waals surface area contributed by atoms with Crippen molar-refractivity contribution in [1.82, 2.24) is 0 Å². The van der Waals surface area contributed by atoms with Crippen molar-refractivity contribution in [2.24, 2.45) is 0 Å². The van der Waals surface area contributed by atoms with Crippen LogP contribution in [-0.4, -0.2) is 21.9 Å². The molecule has 0 saturated heterocycles. The van der Waals surface area contributed by atoms with Crippen LogP contribution in [0.2, 0.25) is 0 Å². The quantitative estimate of drug-likeness (QED) is 0.625. The van der Waals surface area contributed by atoms with Gasteiger partial charge in [0.05, 0.1) is 11.7 Å². The van der Waals surface area contributed by atoms with E-state index in [0.717, 1.165) is 5.92 Å². The fourth-order valence-corrected chi connectivity index (χ4v) is 0.729. The minimum atomic E-state index is -0.811. The van der Waals surface area contributed by atoms with Crippen molar-refractivity contribution in [3.05, 3.63) is 5.92 Å². The third kappa shape index (κ3) is 2.27. The zero-order valence-electron chi connectivity index (χ0n) is 7.18. The van der Waals surface area contributed by atoms with Crippen LogP contribution in [0.25, 0.3) is 0 Å². The van der Waals surface area contributed by atoms with E-state index in [1.165, 1.54) is 0 Å². The summed E-state index contributed by atoms with van der Waals surface area (Å²) in [6, 6.07) is 0. The molecule has 0 aromatic carbocycles. The summed E-state index contributed by atoms with van der Waals surface area (Å²) in [6.07, 6.45) is 0.124. The highest BCUT2D eigenvalue weighted by Crippen LogP contribution is 2.25. The van der Waals surface area contributed by atoms with Gasteiger partial charge in [0.2, 0.25) is 0 Å². The lowest BCUT2D eigenvalue weighted by molar-refractivity contribution is 0.0341. The Hall–Kier alpha value is -0.0800. The van der Waals surface area contributed by atoms with Crippen LogP contribution in [0.3, 0.4) is 0 Å². The predicted molar refractivity (Wildman–Crippen MR) is 41.5 cm³/mol. The number of aliphatic hydroxyl groups is 2. The Morgan fingerprint density at radius 3 is 2.10 bits per heavy atom. The average Bonchev–Trinajstić information content (AvgIpc) is 1.86. The summed E-state index contributed by atoms with van der Waals surface area (Å²) >= 11 is 0. The molecule has 0 aliphatic carbocycles. The molecular weight excluding hydrogens is 128 g/mol. The second kappa shape index (κ2) is 3.35. The fourth-order valence-electron chi connectivity index (χ4n) is 0.729. The van der Waals surface area contributed by atoms with Gasteiger partial charge >= 0.3 is 0 Å². The number of rotatable bonds is 3. The van der Waals surface area contributed by atoms with Gasteiger partial charge in [0.25, 0.3) is 0 Å². The molecule has 1 radical (unpaired) electrons. The molecule has 0 saturated carbocycles. The van der Waals surface area contributed by atoms with Gasteiger partial charge < -0.3 is 10.2 Å². The van der Waals surface area contributed by atoms with Crippen LogP contribution in [0.15, 0.2) is 0 Å². The number of hydrogen-bond donors (Lipinski definition) is 2. The largest absolute Gasteiger partial charge is 0.393 e. The van der Waals surface area contributed by atoms with E-state index < -0.39 is 11.7 Å². The number of hydrogen-bond acceptors (Lipinski definition) is 2. The zero-order valence-corrected chi connectivity index (χ0v) is 7.18. The highest BCUT2D eigenvalue weighted by atomic mass is 16.3. The number of aliphatic hydroxyl groups excluding tert-OH is 1. The summed E-state index contributed by atoms with van der Waals surface area (Å²) in [7, 11) is 0. The molecule has 10 heavy (non-hydrogen) atoms. The normalized spacial score (nSPS) is 20.7. The molecule has 2 N–H and O–H groups in total. The van der Waals surface area contributed by atoms with E-state index in [-0.39, 0.29) is 0 Å². The maximum atomic E-state index is 9.57. The smallest absolute Gasteiger partial charge is 0.0702 e. The van der Waals surface area contributed by atoms with Crippen molar-refractivity contribution >= 4 is 0 Å². The highest BCUT2D eigenvalue weighted by molar-refractivity contribution is 5.05. The van der Waals surface area contributed by atoms with Gasteiger partial charge in [-0.25, -0.2) is 0 Å². The molecule has 0 spiro atoms. The summed E-state index contributed by atoms with van der Waals surface area (Å²) in [6.45, 7) is 7.05. The summed E-state index contributed by atoms with van der Waals surface area (Å²) < 4.78 is 0. The van der Waals surface area contributed by atoms with Crippen molar-refractivity contribution in [1.29, 1.82) is 0 Å². The molecule has 2 unspecified atom stereocenters. The SMILES string of the molecule is CCC(C)(O)[C](C)C(C)O. The Kier molecular flexibility index (Phi) is 3.33. The van der Waals surface area contributed by atoms with Gasteiger partial charge in [-0.3, -0.25) is 0 Å². The Balaban J connectivity index is 4.03. The maximum Gasteiger partial charge on any atom is 0.0702 e. The Morgan fingerprint density at radius 2 is 2.00 bits per heavy atom. The predicted octanol–water partition coefficient (Wildman–Crippen LogP) is 1.12. The highest BCUT2D eigenvalue weighted by Gasteiger charge is 2.29. The Labute approximate surface area is 62.9 Å². The van der Waals surface area contributed by atoms with Crippen molar-refractivity contribution in [2.45, 2.75) is 45.8 Å². The van der Waals surface area contributed by atoms with E-state index >= 15 is 0 Å². The zero-order chi connectivity index (χ0) is 8.36. The van der Waals surface area contributed by atoms with E-state index in [2.05, 4.69) is 0 Å². The molecule has 0 rings (SSSR count). The molecule has 0 fully saturated rings. The van der Waals surface area contributed by atoms with E-state index in [0.29, 0.717) is 6.42 Å². The molecule has 2 heteroatoms. The molecular formula is C8H17O2. The van der Waals surface area contributed by atoms with Crippen LogP contribution in [-0.2, 0) is 0 Å². The van der Waals surface area contributed by atoms with Gasteiger partial charge in [0.15, 0.2) is 0 Å². The van der Waals surface area contributed by atoms with Crippen molar-refractivity contribution < 1.29 is 10.2 Å². The van der Waals surface area contributed by atoms with Crippen LogP contribution >= 0.6 is 0 Å². The Bertz CT molecular complexity index is 97.4. The van der Waals surface area contributed by atoms with E-state index in [1.807, 2.05) is 6.92 Å². The van der Waals surface area contributed by atoms with Crippen molar-refractivity contribution in [3.63, 3.8) is 0 Å². The molecule has 0 aliphatic rings. The van der Waals surface area contributed by atoms with Crippen molar-refractivity contribution in [2.75, 3.05) is 0 Å². The maximum absolute atomic E-state index is 9.57. The topological polar surface area (TPSA) is 40.5 Å². The molecule has 0 bridgehead atoms. The van der Waals surface area contributed by atoms with Crippen molar-refractivity contribution in [3.8, 4) is 0 Å². The summed E-state index contributed by atoms with van der Waals surface area (Å²) in [4.78, 5) is 0. The third-order valence-corrected chi connectivity index (χ3v) is 2.16. The minimum absolute atomic E-state index is 0.519. The molecule has 0 aromatic rings. The van der Waals surface area contributed by atoms with Crippen LogP contribution < -0.4 is 0 Å². The van der Waals surface area contributed by atoms with Gasteiger partial charge in [0.1, 0.15) is 0 Å². The monoisotopic (exact) mass is 145 g/mol. The summed E-state index contributed by atoms with van der Waals surface area (Å²) in [5.74, 6) is 0.731. The second-order valence-electron chi connectivity index (χ2n) is 2.99. The van der Waals surface area contributed by atoms with Gasteiger partial charge in [-0.2, -0.15) is 0 Å². The third-order valence-electron chi connectivity index (χ3n) is 2.16. The lowest BCUT2D eigenvalue weighted by atomic mass is 9.85. The lowest BCUT2D eigenvalue weighted by Crippen LogP contribution is -2.36. The first-order valence-corrected chi connectivity index (χ1v) is 3.66. The molecule has 0 heterocycles. The van der Waals surface area contributed by atoms with Crippen LogP contribution in [0, 0.1) is 5.92 Å². The Morgan fingerprint density at radius 1 is 1.60 bits per heavy atom. The standard InChI is InChI=1S/C8H17O2/c1-5-8(4,10)6(2)7(3)9/h7,9-10H,5H2,1-4H3. The van der Waals surface area contributed by atoms with E-state index in [9.17, 15) is 5.11 Å². The molecule has 0 aromatic heterocycles. The summed E-state index contributed by atoms with van der Waals surface area (Å²) in [5, 5.41) is 18.7. The average molecular weight is 145 g/mol. The first-order valence-electron chi connectivity index (χ1n) is 3.66. The first kappa shape index (κ1) is 9.92.